The molecule has 0 aromatic heterocycles. The lowest BCUT2D eigenvalue weighted by molar-refractivity contribution is 0.684. The van der Waals surface area contributed by atoms with Gasteiger partial charge < -0.3 is 0 Å². The maximum absolute atomic E-state index is 10.4. The molecule has 0 aliphatic rings. The molecule has 0 spiro atoms. The fourth-order valence-electron chi connectivity index (χ4n) is 0.263. The lowest BCUT2D eigenvalue weighted by Crippen LogP contribution is -1.89. The Labute approximate surface area is 56.2 Å². The minimum atomic E-state index is -2.20. The van der Waals surface area contributed by atoms with E-state index in [1.165, 1.54) is 0 Å². The average Bonchev–Trinajstić information content (AvgIpc) is 1.30. The van der Waals surface area contributed by atoms with Gasteiger partial charge in [0.2, 0.25) is 0 Å². The van der Waals surface area contributed by atoms with Crippen molar-refractivity contribution in [1.29, 1.82) is 4.78 Å². The SMILES string of the molecule is CCCS(=N)(=O)I. The molecule has 1 unspecified atom stereocenters. The summed E-state index contributed by atoms with van der Waals surface area (Å²) in [5, 5.41) is 0. The highest BCUT2D eigenvalue weighted by molar-refractivity contribution is 14.2. The van der Waals surface area contributed by atoms with E-state index in [1.54, 1.807) is 21.2 Å². The Hall–Kier alpha value is 0.680. The number of halogens is 1. The zero-order valence-electron chi connectivity index (χ0n) is 4.11. The Morgan fingerprint density at radius 2 is 2.29 bits per heavy atom. The van der Waals surface area contributed by atoms with Gasteiger partial charge in [-0.1, -0.05) is 6.92 Å². The van der Waals surface area contributed by atoms with Crippen LogP contribution in [0.25, 0.3) is 0 Å². The second-order valence-electron chi connectivity index (χ2n) is 1.30. The zero-order chi connectivity index (χ0) is 5.91. The van der Waals surface area contributed by atoms with Crippen LogP contribution in [0.15, 0.2) is 0 Å². The third-order valence-corrected chi connectivity index (χ3v) is 2.72. The third-order valence-electron chi connectivity index (χ3n) is 0.467. The summed E-state index contributed by atoms with van der Waals surface area (Å²) in [6, 6.07) is 0. The molecule has 0 saturated heterocycles. The van der Waals surface area contributed by atoms with Gasteiger partial charge in [-0.05, 0) is 6.42 Å². The fraction of sp³-hybridized carbons (Fsp3) is 1.00. The standard InChI is InChI=1S/C3H8INOS/c1-2-3-7(4,5)6/h5H,2-3H2,1H3. The molecule has 2 nitrogen and oxygen atoms in total. The molecule has 0 rings (SSSR count). The molecule has 1 N–H and O–H groups in total. The molecule has 0 saturated carbocycles. The van der Waals surface area contributed by atoms with Crippen LogP contribution in [0, 0.1) is 4.78 Å². The summed E-state index contributed by atoms with van der Waals surface area (Å²) in [5.74, 6) is 0.521. The fourth-order valence-corrected chi connectivity index (χ4v) is 2.11. The third kappa shape index (κ3) is 6.68. The molecular weight excluding hydrogens is 225 g/mol. The molecule has 7 heavy (non-hydrogen) atoms. The lowest BCUT2D eigenvalue weighted by Gasteiger charge is -1.89. The summed E-state index contributed by atoms with van der Waals surface area (Å²) in [6.45, 7) is -0.281. The van der Waals surface area contributed by atoms with Crippen LogP contribution in [-0.2, 0) is 6.90 Å². The summed E-state index contributed by atoms with van der Waals surface area (Å²) in [7, 11) is 0. The van der Waals surface area contributed by atoms with Crippen molar-refractivity contribution < 1.29 is 4.21 Å². The minimum absolute atomic E-state index is 0.521. The molecule has 1 atom stereocenters. The van der Waals surface area contributed by atoms with Gasteiger partial charge in [-0.3, -0.25) is 0 Å². The second kappa shape index (κ2) is 2.86. The first-order chi connectivity index (χ1) is 3.06. The van der Waals surface area contributed by atoms with E-state index in [4.69, 9.17) is 4.78 Å². The molecule has 0 aliphatic heterocycles. The molecule has 0 heterocycles. The largest absolute Gasteiger partial charge is 0.245 e. The first-order valence-electron chi connectivity index (χ1n) is 2.02. The van der Waals surface area contributed by atoms with E-state index in [1.807, 2.05) is 6.92 Å². The van der Waals surface area contributed by atoms with Crippen LogP contribution in [0.3, 0.4) is 0 Å². The van der Waals surface area contributed by atoms with Crippen LogP contribution >= 0.6 is 21.2 Å². The monoisotopic (exact) mass is 233 g/mol. The van der Waals surface area contributed by atoms with Crippen molar-refractivity contribution in [1.82, 2.24) is 0 Å². The highest BCUT2D eigenvalue weighted by atomic mass is 127. The van der Waals surface area contributed by atoms with Crippen LogP contribution in [-0.4, -0.2) is 9.96 Å². The normalized spacial score (nSPS) is 18.6. The lowest BCUT2D eigenvalue weighted by atomic mass is 10.6. The Balaban J connectivity index is 3.60. The minimum Gasteiger partial charge on any atom is -0.245 e. The molecule has 0 radical (unpaired) electrons. The maximum Gasteiger partial charge on any atom is 0.0990 e. The summed E-state index contributed by atoms with van der Waals surface area (Å²) < 4.78 is 17.3. The second-order valence-corrected chi connectivity index (χ2v) is 7.17. The van der Waals surface area contributed by atoms with Gasteiger partial charge in [0.1, 0.15) is 0 Å². The zero-order valence-corrected chi connectivity index (χ0v) is 7.08. The van der Waals surface area contributed by atoms with Gasteiger partial charge in [0, 0.05) is 27.0 Å². The maximum atomic E-state index is 10.4. The molecule has 0 aliphatic carbocycles. The number of hydrogen-bond acceptors (Lipinski definition) is 2. The number of nitrogens with one attached hydrogen (secondary N) is 1. The Morgan fingerprint density at radius 1 is 1.86 bits per heavy atom. The summed E-state index contributed by atoms with van der Waals surface area (Å²) in [5.41, 5.74) is 0. The van der Waals surface area contributed by atoms with Gasteiger partial charge in [0.15, 0.2) is 0 Å². The Bertz CT molecular complexity index is 128. The molecular formula is C3H8INOS. The van der Waals surface area contributed by atoms with Crippen LogP contribution in [0.2, 0.25) is 0 Å². The van der Waals surface area contributed by atoms with Crippen molar-refractivity contribution in [2.45, 2.75) is 13.3 Å². The highest BCUT2D eigenvalue weighted by Crippen LogP contribution is 2.02. The predicted molar refractivity (Wildman–Crippen MR) is 40.0 cm³/mol. The molecule has 0 amide bonds. The van der Waals surface area contributed by atoms with Crippen molar-refractivity contribution in [3.63, 3.8) is 0 Å². The van der Waals surface area contributed by atoms with Gasteiger partial charge >= 0.3 is 0 Å². The van der Waals surface area contributed by atoms with Gasteiger partial charge in [-0.2, -0.15) is 0 Å². The molecule has 0 aromatic rings. The highest BCUT2D eigenvalue weighted by Gasteiger charge is 1.93. The van der Waals surface area contributed by atoms with E-state index in [0.29, 0.717) is 5.75 Å². The molecule has 44 valence electrons. The van der Waals surface area contributed by atoms with E-state index in [9.17, 15) is 4.21 Å². The van der Waals surface area contributed by atoms with Crippen molar-refractivity contribution in [2.24, 2.45) is 0 Å². The summed E-state index contributed by atoms with van der Waals surface area (Å²) >= 11 is 1.67. The van der Waals surface area contributed by atoms with Crippen molar-refractivity contribution >= 4 is 28.1 Å². The summed E-state index contributed by atoms with van der Waals surface area (Å²) in [6.07, 6.45) is 0.839. The van der Waals surface area contributed by atoms with Crippen molar-refractivity contribution in [2.75, 3.05) is 5.75 Å². The van der Waals surface area contributed by atoms with Gasteiger partial charge in [-0.15, -0.1) is 0 Å². The molecule has 0 fully saturated rings. The molecule has 0 bridgehead atoms. The number of hydrogen-bond donors (Lipinski definition) is 1. The smallest absolute Gasteiger partial charge is 0.0990 e. The van der Waals surface area contributed by atoms with Crippen LogP contribution in [0.4, 0.5) is 0 Å². The van der Waals surface area contributed by atoms with E-state index in [-0.39, 0.29) is 0 Å². The quantitative estimate of drug-likeness (QED) is 0.573. The van der Waals surface area contributed by atoms with E-state index in [2.05, 4.69) is 0 Å². The van der Waals surface area contributed by atoms with Crippen LogP contribution in [0.1, 0.15) is 13.3 Å². The van der Waals surface area contributed by atoms with E-state index < -0.39 is 6.90 Å². The van der Waals surface area contributed by atoms with Gasteiger partial charge in [-0.25, -0.2) is 8.99 Å². The van der Waals surface area contributed by atoms with Crippen LogP contribution < -0.4 is 0 Å². The first kappa shape index (κ1) is 7.68. The first-order valence-corrected chi connectivity index (χ1v) is 6.29. The average molecular weight is 233 g/mol. The van der Waals surface area contributed by atoms with E-state index in [0.717, 1.165) is 6.42 Å². The molecule has 4 heteroatoms. The van der Waals surface area contributed by atoms with Crippen LogP contribution in [0.5, 0.6) is 0 Å². The van der Waals surface area contributed by atoms with Crippen molar-refractivity contribution in [3.05, 3.63) is 0 Å². The van der Waals surface area contributed by atoms with Crippen molar-refractivity contribution in [3.8, 4) is 0 Å². The topological polar surface area (TPSA) is 40.9 Å². The Morgan fingerprint density at radius 3 is 2.29 bits per heavy atom. The predicted octanol–water partition coefficient (Wildman–Crippen LogP) is 1.79. The Kier molecular flexibility index (Phi) is 3.14. The molecule has 0 aromatic carbocycles. The summed E-state index contributed by atoms with van der Waals surface area (Å²) in [4.78, 5) is 0. The van der Waals surface area contributed by atoms with Gasteiger partial charge in [0.25, 0.3) is 0 Å². The van der Waals surface area contributed by atoms with Gasteiger partial charge in [0.05, 0.1) is 6.90 Å². The number of rotatable bonds is 2. The van der Waals surface area contributed by atoms with E-state index >= 15 is 0 Å².